The molecule has 3 N–H and O–H groups in total. The van der Waals surface area contributed by atoms with E-state index in [1.54, 1.807) is 9.80 Å². The summed E-state index contributed by atoms with van der Waals surface area (Å²) in [5.41, 5.74) is -1.75. The second-order valence-electron chi connectivity index (χ2n) is 17.1. The standard InChI is InChI=1S/C14H25NO3.C10H17NO3.C9H17NO.C4H7Br.CH4/c1-13(2,3)18-12(16)15-8-6-14(17,7-9-15)10-11-4-5-11;1-10(2,3)14-9(13)11-6-4-8(12)5-7-11;11-9(7-8-1-2-8)3-5-10-6-4-9;5-3-4-1-2-4;/h11,17H,4-10H2,1-3H3;4-7H2,1-3H3;8,10-11H,1-7H2;4H,1-3H2;1H4. The molecule has 6 rings (SSSR count). The molecule has 10 nitrogen and oxygen atoms in total. The van der Waals surface area contributed by atoms with Crippen LogP contribution in [0.4, 0.5) is 9.59 Å². The van der Waals surface area contributed by atoms with Gasteiger partial charge in [0.25, 0.3) is 0 Å². The highest BCUT2D eigenvalue weighted by molar-refractivity contribution is 9.09. The Morgan fingerprint density at radius 3 is 1.41 bits per heavy atom. The van der Waals surface area contributed by atoms with Gasteiger partial charge in [-0.05, 0) is 124 Å². The van der Waals surface area contributed by atoms with Gasteiger partial charge in [0.15, 0.2) is 0 Å². The van der Waals surface area contributed by atoms with E-state index in [1.807, 2.05) is 41.5 Å². The number of halogens is 1. The largest absolute Gasteiger partial charge is 0.444 e. The van der Waals surface area contributed by atoms with Gasteiger partial charge in [0.2, 0.25) is 0 Å². The predicted octanol–water partition coefficient (Wildman–Crippen LogP) is 7.46. The van der Waals surface area contributed by atoms with E-state index >= 15 is 0 Å². The van der Waals surface area contributed by atoms with Crippen molar-refractivity contribution in [3.05, 3.63) is 0 Å². The summed E-state index contributed by atoms with van der Waals surface area (Å²) in [5.74, 6) is 2.86. The first-order valence-corrected chi connectivity index (χ1v) is 19.7. The zero-order valence-corrected chi connectivity index (χ0v) is 32.4. The highest BCUT2D eigenvalue weighted by Crippen LogP contribution is 2.41. The minimum absolute atomic E-state index is 0. The van der Waals surface area contributed by atoms with Crippen LogP contribution >= 0.6 is 15.9 Å². The number of nitrogens with zero attached hydrogens (tertiary/aromatic N) is 2. The van der Waals surface area contributed by atoms with E-state index in [0.29, 0.717) is 51.9 Å². The van der Waals surface area contributed by atoms with Crippen LogP contribution in [0.15, 0.2) is 0 Å². The molecule has 0 aromatic rings. The Labute approximate surface area is 305 Å². The maximum absolute atomic E-state index is 11.9. The lowest BCUT2D eigenvalue weighted by molar-refractivity contribution is -0.121. The molecule has 2 amide bonds. The van der Waals surface area contributed by atoms with Crippen LogP contribution in [-0.4, -0.2) is 105 Å². The zero-order chi connectivity index (χ0) is 35.6. The van der Waals surface area contributed by atoms with Crippen LogP contribution in [0.1, 0.15) is 139 Å². The second kappa shape index (κ2) is 19.4. The topological polar surface area (TPSA) is 129 Å². The number of likely N-dealkylation sites (tertiary alicyclic amines) is 2. The first kappa shape index (κ1) is 43.7. The molecule has 49 heavy (non-hydrogen) atoms. The first-order valence-electron chi connectivity index (χ1n) is 18.6. The summed E-state index contributed by atoms with van der Waals surface area (Å²) in [6.45, 7) is 15.3. The first-order chi connectivity index (χ1) is 22.4. The summed E-state index contributed by atoms with van der Waals surface area (Å²) in [4.78, 5) is 37.6. The fourth-order valence-corrected chi connectivity index (χ4v) is 6.64. The van der Waals surface area contributed by atoms with Gasteiger partial charge in [-0.3, -0.25) is 4.79 Å². The number of amides is 2. The van der Waals surface area contributed by atoms with Crippen LogP contribution < -0.4 is 5.32 Å². The van der Waals surface area contributed by atoms with Gasteiger partial charge in [-0.15, -0.1) is 0 Å². The molecule has 11 heteroatoms. The summed E-state index contributed by atoms with van der Waals surface area (Å²) in [6, 6.07) is 0. The predicted molar refractivity (Wildman–Crippen MR) is 199 cm³/mol. The van der Waals surface area contributed by atoms with Crippen molar-refractivity contribution in [2.75, 3.05) is 44.6 Å². The van der Waals surface area contributed by atoms with Crippen LogP contribution in [0.5, 0.6) is 0 Å². The normalized spacial score (nSPS) is 23.2. The van der Waals surface area contributed by atoms with Crippen LogP contribution in [0, 0.1) is 17.8 Å². The average molecular weight is 761 g/mol. The summed E-state index contributed by atoms with van der Waals surface area (Å²) >= 11 is 3.38. The Kier molecular flexibility index (Phi) is 17.3. The molecule has 3 aliphatic heterocycles. The summed E-state index contributed by atoms with van der Waals surface area (Å²) in [7, 11) is 0. The molecule has 0 aromatic carbocycles. The number of carbonyl (C=O) groups is 3. The van der Waals surface area contributed by atoms with Gasteiger partial charge in [0, 0.05) is 44.4 Å². The molecule has 3 heterocycles. The van der Waals surface area contributed by atoms with E-state index in [4.69, 9.17) is 9.47 Å². The SMILES string of the molecule is BrCC1CC1.C.CC(C)(C)OC(=O)N1CCC(=O)CC1.CC(C)(C)OC(=O)N1CCC(O)(CC2CC2)CC1.OC1(CC2CC2)CCNCC1. The number of Topliss-reactive ketones (excluding diaryl/α,β-unsaturated/α-hetero) is 1. The number of hydrogen-bond acceptors (Lipinski definition) is 8. The van der Waals surface area contributed by atoms with Gasteiger partial charge in [0.05, 0.1) is 11.2 Å². The minimum atomic E-state index is -0.542. The third-order valence-electron chi connectivity index (χ3n) is 9.50. The molecule has 6 fully saturated rings. The van der Waals surface area contributed by atoms with E-state index in [1.165, 1.54) is 43.9 Å². The minimum Gasteiger partial charge on any atom is -0.444 e. The lowest BCUT2D eigenvalue weighted by Crippen LogP contribution is -2.48. The van der Waals surface area contributed by atoms with Crippen molar-refractivity contribution in [3.63, 3.8) is 0 Å². The van der Waals surface area contributed by atoms with Crippen LogP contribution in [-0.2, 0) is 14.3 Å². The van der Waals surface area contributed by atoms with Crippen LogP contribution in [0.25, 0.3) is 0 Å². The van der Waals surface area contributed by atoms with Gasteiger partial charge in [0.1, 0.15) is 17.0 Å². The molecule has 0 aromatic heterocycles. The molecule has 0 unspecified atom stereocenters. The van der Waals surface area contributed by atoms with Crippen molar-refractivity contribution in [3.8, 4) is 0 Å². The van der Waals surface area contributed by atoms with Crippen molar-refractivity contribution in [2.45, 2.75) is 161 Å². The van der Waals surface area contributed by atoms with E-state index < -0.39 is 16.8 Å². The van der Waals surface area contributed by atoms with Crippen molar-refractivity contribution >= 4 is 33.9 Å². The molecule has 286 valence electrons. The lowest BCUT2D eigenvalue weighted by Gasteiger charge is -2.38. The number of ether oxygens (including phenoxy) is 2. The number of piperidine rings is 3. The highest BCUT2D eigenvalue weighted by Gasteiger charge is 2.39. The molecular weight excluding hydrogens is 690 g/mol. The summed E-state index contributed by atoms with van der Waals surface area (Å²) < 4.78 is 10.5. The second-order valence-corrected chi connectivity index (χ2v) is 17.7. The third-order valence-corrected chi connectivity index (χ3v) is 10.4. The molecule has 0 radical (unpaired) electrons. The quantitative estimate of drug-likeness (QED) is 0.247. The number of aliphatic hydroxyl groups is 2. The maximum atomic E-state index is 11.9. The number of hydrogen-bond donors (Lipinski definition) is 3. The number of ketones is 1. The Morgan fingerprint density at radius 1 is 0.714 bits per heavy atom. The van der Waals surface area contributed by atoms with Gasteiger partial charge in [-0.2, -0.15) is 0 Å². The molecule has 3 saturated heterocycles. The van der Waals surface area contributed by atoms with E-state index in [0.717, 1.165) is 56.5 Å². The van der Waals surface area contributed by atoms with Gasteiger partial charge in [-0.1, -0.05) is 49.0 Å². The van der Waals surface area contributed by atoms with Crippen molar-refractivity contribution in [1.29, 1.82) is 0 Å². The zero-order valence-electron chi connectivity index (χ0n) is 30.8. The van der Waals surface area contributed by atoms with Crippen LogP contribution in [0.3, 0.4) is 0 Å². The van der Waals surface area contributed by atoms with E-state index in [2.05, 4.69) is 21.2 Å². The van der Waals surface area contributed by atoms with Gasteiger partial charge in [-0.25, -0.2) is 9.59 Å². The molecular formula is C38H70BrN3O7. The number of carbonyl (C=O) groups excluding carboxylic acids is 3. The lowest BCUT2D eigenvalue weighted by atomic mass is 9.86. The number of nitrogens with one attached hydrogen (secondary N) is 1. The smallest absolute Gasteiger partial charge is 0.410 e. The maximum Gasteiger partial charge on any atom is 0.410 e. The summed E-state index contributed by atoms with van der Waals surface area (Å²) in [6.07, 6.45) is 13.8. The molecule has 0 spiro atoms. The van der Waals surface area contributed by atoms with E-state index in [9.17, 15) is 24.6 Å². The fraction of sp³-hybridized carbons (Fsp3) is 0.921. The van der Waals surface area contributed by atoms with Crippen molar-refractivity contribution in [2.24, 2.45) is 17.8 Å². The van der Waals surface area contributed by atoms with Gasteiger partial charge >= 0.3 is 12.2 Å². The van der Waals surface area contributed by atoms with Crippen LogP contribution in [0.2, 0.25) is 0 Å². The van der Waals surface area contributed by atoms with Crippen molar-refractivity contribution in [1.82, 2.24) is 15.1 Å². The molecule has 0 bridgehead atoms. The Hall–Kier alpha value is -1.43. The Morgan fingerprint density at radius 2 is 1.08 bits per heavy atom. The van der Waals surface area contributed by atoms with Gasteiger partial charge < -0.3 is 34.8 Å². The number of alkyl halides is 1. The number of rotatable bonds is 5. The molecule has 3 aliphatic carbocycles. The summed E-state index contributed by atoms with van der Waals surface area (Å²) in [5, 5.41) is 25.0. The van der Waals surface area contributed by atoms with E-state index in [-0.39, 0.29) is 31.0 Å². The highest BCUT2D eigenvalue weighted by atomic mass is 79.9. The third kappa shape index (κ3) is 19.1. The Balaban J connectivity index is 0.000000240. The molecule has 6 aliphatic rings. The monoisotopic (exact) mass is 759 g/mol. The molecule has 3 saturated carbocycles. The Bertz CT molecular complexity index is 1010. The average Bonchev–Trinajstić information content (AvgIpc) is 3.82. The molecule has 0 atom stereocenters. The fourth-order valence-electron chi connectivity index (χ4n) is 5.99. The van der Waals surface area contributed by atoms with Crippen molar-refractivity contribution < 1.29 is 34.1 Å².